The van der Waals surface area contributed by atoms with Crippen LogP contribution in [0.2, 0.25) is 0 Å². The molecule has 0 amide bonds. The zero-order valence-corrected chi connectivity index (χ0v) is 22.7. The van der Waals surface area contributed by atoms with Crippen molar-refractivity contribution in [2.75, 3.05) is 31.2 Å². The molecule has 11 nitrogen and oxygen atoms in total. The van der Waals surface area contributed by atoms with Gasteiger partial charge in [0.15, 0.2) is 11.6 Å². The molecule has 40 heavy (non-hydrogen) atoms. The number of nitrogen functional groups attached to an aromatic ring is 1. The van der Waals surface area contributed by atoms with E-state index in [-0.39, 0.29) is 22.9 Å². The number of rotatable bonds is 8. The molecule has 0 bridgehead atoms. The third-order valence-electron chi connectivity index (χ3n) is 7.20. The van der Waals surface area contributed by atoms with Crippen LogP contribution in [0.1, 0.15) is 25.7 Å². The molecule has 0 unspecified atom stereocenters. The first-order valence-corrected chi connectivity index (χ1v) is 14.6. The fourth-order valence-electron chi connectivity index (χ4n) is 4.84. The number of aromatic amines is 1. The number of nitrogens with zero attached hydrogens (tertiary/aromatic N) is 5. The summed E-state index contributed by atoms with van der Waals surface area (Å²) in [4.78, 5) is 21.5. The Morgan fingerprint density at radius 2 is 1.80 bits per heavy atom. The Balaban J connectivity index is 1.29. The van der Waals surface area contributed by atoms with Gasteiger partial charge in [-0.2, -0.15) is 0 Å². The molecule has 2 fully saturated rings. The first-order valence-electron chi connectivity index (χ1n) is 13.1. The molecule has 1 aliphatic heterocycles. The lowest BCUT2D eigenvalue weighted by Gasteiger charge is -2.31. The molecule has 208 valence electrons. The van der Waals surface area contributed by atoms with Crippen LogP contribution in [0.25, 0.3) is 34.0 Å². The van der Waals surface area contributed by atoms with E-state index in [4.69, 9.17) is 20.4 Å². The third kappa shape index (κ3) is 5.21. The third-order valence-corrected chi connectivity index (χ3v) is 9.60. The summed E-state index contributed by atoms with van der Waals surface area (Å²) in [6.07, 6.45) is 6.12. The van der Waals surface area contributed by atoms with E-state index in [1.807, 2.05) is 0 Å². The first-order chi connectivity index (χ1) is 19.3. The van der Waals surface area contributed by atoms with Crippen molar-refractivity contribution in [1.82, 2.24) is 29.2 Å². The van der Waals surface area contributed by atoms with Crippen LogP contribution in [0.4, 0.5) is 16.2 Å². The number of hydrogen-bond acceptors (Lipinski definition) is 9. The zero-order valence-electron chi connectivity index (χ0n) is 21.8. The SMILES string of the molecule is COc1cc(-c2[nH]c(-c3ccc(F)cc3)nc2-c2ccnc(NC3CCN(S(=O)(=O)C4CC4)CC3)n2)cnc1N. The number of pyridine rings is 1. The van der Waals surface area contributed by atoms with Crippen LogP contribution in [0.3, 0.4) is 0 Å². The Labute approximate surface area is 231 Å². The second-order valence-electron chi connectivity index (χ2n) is 9.95. The highest BCUT2D eigenvalue weighted by molar-refractivity contribution is 7.90. The van der Waals surface area contributed by atoms with Crippen LogP contribution in [-0.4, -0.2) is 69.1 Å². The number of benzene rings is 1. The highest BCUT2D eigenvalue weighted by atomic mass is 32.2. The average Bonchev–Trinajstić information content (AvgIpc) is 3.74. The van der Waals surface area contributed by atoms with Gasteiger partial charge in [-0.25, -0.2) is 37.0 Å². The minimum atomic E-state index is -3.17. The minimum absolute atomic E-state index is 0.0416. The van der Waals surface area contributed by atoms with Gasteiger partial charge in [-0.15, -0.1) is 0 Å². The summed E-state index contributed by atoms with van der Waals surface area (Å²) in [6.45, 7) is 0.958. The quantitative estimate of drug-likeness (QED) is 0.291. The summed E-state index contributed by atoms with van der Waals surface area (Å²) < 4.78 is 45.7. The molecule has 2 aliphatic rings. The van der Waals surface area contributed by atoms with Crippen molar-refractivity contribution < 1.29 is 17.5 Å². The normalized spacial score (nSPS) is 16.6. The smallest absolute Gasteiger partial charge is 0.223 e. The van der Waals surface area contributed by atoms with Crippen molar-refractivity contribution in [3.63, 3.8) is 0 Å². The molecule has 4 heterocycles. The lowest BCUT2D eigenvalue weighted by atomic mass is 10.1. The van der Waals surface area contributed by atoms with E-state index >= 15 is 0 Å². The van der Waals surface area contributed by atoms with Crippen molar-refractivity contribution in [3.8, 4) is 39.8 Å². The average molecular weight is 565 g/mol. The second kappa shape index (κ2) is 10.5. The molecule has 6 rings (SSSR count). The van der Waals surface area contributed by atoms with Crippen LogP contribution in [0.15, 0.2) is 48.8 Å². The van der Waals surface area contributed by atoms with E-state index in [2.05, 4.69) is 20.3 Å². The number of ether oxygens (including phenoxy) is 1. The number of nitrogens with one attached hydrogen (secondary N) is 2. The number of halogens is 1. The number of methoxy groups -OCH3 is 1. The summed E-state index contributed by atoms with van der Waals surface area (Å²) in [5, 5.41) is 3.17. The van der Waals surface area contributed by atoms with Crippen molar-refractivity contribution in [2.45, 2.75) is 37.0 Å². The van der Waals surface area contributed by atoms with Crippen molar-refractivity contribution in [2.24, 2.45) is 0 Å². The van der Waals surface area contributed by atoms with E-state index in [9.17, 15) is 12.8 Å². The molecule has 1 aromatic carbocycles. The molecule has 0 spiro atoms. The Hall–Kier alpha value is -4.10. The predicted octanol–water partition coefficient (Wildman–Crippen LogP) is 3.69. The highest BCUT2D eigenvalue weighted by Gasteiger charge is 2.41. The number of piperidine rings is 1. The van der Waals surface area contributed by atoms with E-state index in [1.165, 1.54) is 19.2 Å². The van der Waals surface area contributed by atoms with Gasteiger partial charge >= 0.3 is 0 Å². The lowest BCUT2D eigenvalue weighted by molar-refractivity contribution is 0.328. The van der Waals surface area contributed by atoms with Gasteiger partial charge in [0.25, 0.3) is 0 Å². The van der Waals surface area contributed by atoms with Gasteiger partial charge in [-0.05, 0) is 62.1 Å². The molecule has 0 radical (unpaired) electrons. The molecule has 1 saturated carbocycles. The maximum atomic E-state index is 13.6. The summed E-state index contributed by atoms with van der Waals surface area (Å²) in [5.74, 6) is 1.28. The van der Waals surface area contributed by atoms with Crippen LogP contribution < -0.4 is 15.8 Å². The molecule has 1 saturated heterocycles. The van der Waals surface area contributed by atoms with Crippen LogP contribution in [-0.2, 0) is 10.0 Å². The number of sulfonamides is 1. The number of H-pyrrole nitrogens is 1. The highest BCUT2D eigenvalue weighted by Crippen LogP contribution is 2.35. The summed E-state index contributed by atoms with van der Waals surface area (Å²) in [5.41, 5.74) is 9.05. The summed E-state index contributed by atoms with van der Waals surface area (Å²) >= 11 is 0. The minimum Gasteiger partial charge on any atom is -0.493 e. The molecule has 0 atom stereocenters. The van der Waals surface area contributed by atoms with Crippen LogP contribution >= 0.6 is 0 Å². The number of hydrogen-bond donors (Lipinski definition) is 3. The van der Waals surface area contributed by atoms with Crippen LogP contribution in [0, 0.1) is 5.82 Å². The van der Waals surface area contributed by atoms with Crippen molar-refractivity contribution >= 4 is 21.8 Å². The Morgan fingerprint density at radius 3 is 2.50 bits per heavy atom. The zero-order chi connectivity index (χ0) is 27.9. The van der Waals surface area contributed by atoms with Gasteiger partial charge in [0.05, 0.1) is 23.7 Å². The van der Waals surface area contributed by atoms with Gasteiger partial charge < -0.3 is 20.8 Å². The molecule has 13 heteroatoms. The molecule has 1 aliphatic carbocycles. The maximum absolute atomic E-state index is 13.6. The largest absolute Gasteiger partial charge is 0.493 e. The predicted molar refractivity (Wildman–Crippen MR) is 149 cm³/mol. The number of aromatic nitrogens is 5. The Bertz CT molecular complexity index is 1630. The maximum Gasteiger partial charge on any atom is 0.223 e. The molecule has 4 aromatic rings. The lowest BCUT2D eigenvalue weighted by Crippen LogP contribution is -2.43. The topological polar surface area (TPSA) is 152 Å². The van der Waals surface area contributed by atoms with Gasteiger partial charge in [0.1, 0.15) is 17.3 Å². The van der Waals surface area contributed by atoms with E-state index < -0.39 is 10.0 Å². The second-order valence-corrected chi connectivity index (χ2v) is 12.2. The van der Waals surface area contributed by atoms with E-state index in [0.717, 1.165) is 12.8 Å². The standard InChI is InChI=1S/C27H29FN8O3S/c1-39-22-14-17(15-31-25(22)29)23-24(35-26(34-23)16-2-4-18(28)5-3-16)21-8-11-30-27(33-21)32-19-9-12-36(13-10-19)40(37,38)20-6-7-20/h2-5,8,11,14-15,19-20H,6-7,9-10,12-13H2,1H3,(H2,29,31)(H,34,35)(H,30,32,33). The number of anilines is 2. The Kier molecular flexibility index (Phi) is 6.84. The van der Waals surface area contributed by atoms with Crippen molar-refractivity contribution in [1.29, 1.82) is 0 Å². The fraction of sp³-hybridized carbons (Fsp3) is 0.333. The molecule has 3 aromatic heterocycles. The number of imidazole rings is 1. The monoisotopic (exact) mass is 564 g/mol. The summed E-state index contributed by atoms with van der Waals surface area (Å²) in [7, 11) is -1.65. The first kappa shape index (κ1) is 26.1. The molecule has 4 N–H and O–H groups in total. The summed E-state index contributed by atoms with van der Waals surface area (Å²) in [6, 6.07) is 9.60. The number of nitrogens with two attached hydrogens (primary N) is 1. The van der Waals surface area contributed by atoms with E-state index in [1.54, 1.807) is 41.0 Å². The van der Waals surface area contributed by atoms with Gasteiger partial charge in [-0.3, -0.25) is 0 Å². The van der Waals surface area contributed by atoms with E-state index in [0.29, 0.717) is 71.7 Å². The molecular weight excluding hydrogens is 535 g/mol. The van der Waals surface area contributed by atoms with Gasteiger partial charge in [-0.1, -0.05) is 0 Å². The molecular formula is C27H29FN8O3S. The Morgan fingerprint density at radius 1 is 1.05 bits per heavy atom. The van der Waals surface area contributed by atoms with Crippen LogP contribution in [0.5, 0.6) is 5.75 Å². The van der Waals surface area contributed by atoms with Crippen molar-refractivity contribution in [3.05, 3.63) is 54.6 Å². The van der Waals surface area contributed by atoms with Gasteiger partial charge in [0.2, 0.25) is 16.0 Å². The fourth-order valence-corrected chi connectivity index (χ4v) is 6.71. The van der Waals surface area contributed by atoms with Gasteiger partial charge in [0, 0.05) is 42.7 Å².